The van der Waals surface area contributed by atoms with E-state index in [1.165, 1.54) is 0 Å². The smallest absolute Gasteiger partial charge is 0.305 e. The number of hydrogen-bond acceptors (Lipinski definition) is 7. The van der Waals surface area contributed by atoms with E-state index in [-0.39, 0.29) is 24.3 Å². The van der Waals surface area contributed by atoms with Gasteiger partial charge in [0.15, 0.2) is 0 Å². The normalized spacial score (nSPS) is 10.3. The third-order valence-electron chi connectivity index (χ3n) is 3.76. The van der Waals surface area contributed by atoms with E-state index < -0.39 is 0 Å². The van der Waals surface area contributed by atoms with Gasteiger partial charge in [-0.15, -0.1) is 0 Å². The van der Waals surface area contributed by atoms with Gasteiger partial charge in [-0.05, 0) is 45.4 Å². The predicted octanol–water partition coefficient (Wildman–Crippen LogP) is 3.33. The first-order valence-corrected chi connectivity index (χ1v) is 9.80. The molecule has 0 fully saturated rings. The summed E-state index contributed by atoms with van der Waals surface area (Å²) in [4.78, 5) is 44.0. The highest BCUT2D eigenvalue weighted by molar-refractivity contribution is 5.70. The monoisotopic (exact) mass is 385 g/mol. The minimum Gasteiger partial charge on any atom is -0.466 e. The maximum absolute atomic E-state index is 11.5. The van der Waals surface area contributed by atoms with E-state index >= 15 is 0 Å². The highest BCUT2D eigenvalue weighted by atomic mass is 16.5. The minimum absolute atomic E-state index is 0.117. The maximum atomic E-state index is 11.5. The highest BCUT2D eigenvalue weighted by Gasteiger charge is 2.05. The minimum atomic E-state index is -0.333. The van der Waals surface area contributed by atoms with Gasteiger partial charge in [0.05, 0.1) is 19.8 Å². The second-order valence-electron chi connectivity index (χ2n) is 6.20. The molecule has 7 heteroatoms. The molecule has 0 saturated carbocycles. The van der Waals surface area contributed by atoms with Crippen LogP contribution in [-0.2, 0) is 33.4 Å². The summed E-state index contributed by atoms with van der Waals surface area (Å²) in [5.41, 5.74) is 0. The van der Waals surface area contributed by atoms with E-state index in [1.54, 1.807) is 0 Å². The first-order valence-electron chi connectivity index (χ1n) is 9.80. The summed E-state index contributed by atoms with van der Waals surface area (Å²) in [6.45, 7) is 4.49. The lowest BCUT2D eigenvalue weighted by Crippen LogP contribution is -2.08. The SMILES string of the molecule is [CH2]CC(=O)OCCCCC(=O)OCCCCCCC(=O)OCCCCC=O. The second kappa shape index (κ2) is 18.9. The van der Waals surface area contributed by atoms with Gasteiger partial charge in [0.1, 0.15) is 6.29 Å². The molecule has 0 aliphatic rings. The Balaban J connectivity index is 3.33. The molecule has 0 bridgehead atoms. The molecule has 0 atom stereocenters. The fourth-order valence-corrected chi connectivity index (χ4v) is 2.20. The van der Waals surface area contributed by atoms with Crippen LogP contribution in [0.5, 0.6) is 0 Å². The van der Waals surface area contributed by atoms with Crippen LogP contribution >= 0.6 is 0 Å². The van der Waals surface area contributed by atoms with E-state index in [4.69, 9.17) is 14.2 Å². The fraction of sp³-hybridized carbons (Fsp3) is 0.750. The number of unbranched alkanes of at least 4 members (excludes halogenated alkanes) is 6. The molecule has 0 N–H and O–H groups in total. The lowest BCUT2D eigenvalue weighted by molar-refractivity contribution is -0.145. The summed E-state index contributed by atoms with van der Waals surface area (Å²) < 4.78 is 15.1. The van der Waals surface area contributed by atoms with Crippen molar-refractivity contribution in [1.29, 1.82) is 0 Å². The summed E-state index contributed by atoms with van der Waals surface area (Å²) in [6, 6.07) is 0. The molecule has 7 nitrogen and oxygen atoms in total. The number of carbonyl (C=O) groups excluding carboxylic acids is 4. The van der Waals surface area contributed by atoms with Crippen molar-refractivity contribution < 1.29 is 33.4 Å². The molecule has 0 rings (SSSR count). The molecule has 1 radical (unpaired) electrons. The van der Waals surface area contributed by atoms with Crippen LogP contribution in [0.4, 0.5) is 0 Å². The summed E-state index contributed by atoms with van der Waals surface area (Å²) >= 11 is 0. The number of rotatable bonds is 18. The zero-order valence-electron chi connectivity index (χ0n) is 16.2. The van der Waals surface area contributed by atoms with Gasteiger partial charge in [-0.25, -0.2) is 0 Å². The van der Waals surface area contributed by atoms with Gasteiger partial charge in [0.2, 0.25) is 0 Å². The van der Waals surface area contributed by atoms with Crippen molar-refractivity contribution in [3.63, 3.8) is 0 Å². The lowest BCUT2D eigenvalue weighted by atomic mass is 10.1. The van der Waals surface area contributed by atoms with Crippen molar-refractivity contribution in [3.8, 4) is 0 Å². The maximum Gasteiger partial charge on any atom is 0.305 e. The Morgan fingerprint density at radius 2 is 1.07 bits per heavy atom. The van der Waals surface area contributed by atoms with Gasteiger partial charge < -0.3 is 19.0 Å². The molecule has 0 amide bonds. The van der Waals surface area contributed by atoms with E-state index in [9.17, 15) is 19.2 Å². The van der Waals surface area contributed by atoms with Gasteiger partial charge in [0, 0.05) is 25.7 Å². The summed E-state index contributed by atoms with van der Waals surface area (Å²) in [7, 11) is 0. The number of carbonyl (C=O) groups is 4. The molecule has 0 spiro atoms. The van der Waals surface area contributed by atoms with Crippen LogP contribution < -0.4 is 0 Å². The van der Waals surface area contributed by atoms with Crippen molar-refractivity contribution >= 4 is 24.2 Å². The van der Waals surface area contributed by atoms with Gasteiger partial charge in [-0.2, -0.15) is 0 Å². The van der Waals surface area contributed by atoms with E-state index in [0.717, 1.165) is 44.8 Å². The molecule has 0 aliphatic heterocycles. The molecular weight excluding hydrogens is 352 g/mol. The molecule has 0 aliphatic carbocycles. The topological polar surface area (TPSA) is 96.0 Å². The van der Waals surface area contributed by atoms with E-state index in [1.807, 2.05) is 0 Å². The number of aldehydes is 1. The summed E-state index contributed by atoms with van der Waals surface area (Å²) in [5, 5.41) is 0. The number of hydrogen-bond donors (Lipinski definition) is 0. The van der Waals surface area contributed by atoms with E-state index in [0.29, 0.717) is 51.9 Å². The van der Waals surface area contributed by atoms with Gasteiger partial charge in [-0.3, -0.25) is 14.4 Å². The molecule has 0 heterocycles. The van der Waals surface area contributed by atoms with Crippen molar-refractivity contribution in [2.75, 3.05) is 19.8 Å². The lowest BCUT2D eigenvalue weighted by Gasteiger charge is -2.06. The third-order valence-corrected chi connectivity index (χ3v) is 3.76. The Bertz CT molecular complexity index is 421. The Morgan fingerprint density at radius 1 is 0.630 bits per heavy atom. The van der Waals surface area contributed by atoms with Crippen molar-refractivity contribution in [1.82, 2.24) is 0 Å². The van der Waals surface area contributed by atoms with Crippen LogP contribution in [0.3, 0.4) is 0 Å². The van der Waals surface area contributed by atoms with Crippen molar-refractivity contribution in [2.45, 2.75) is 77.0 Å². The Morgan fingerprint density at radius 3 is 1.63 bits per heavy atom. The van der Waals surface area contributed by atoms with Gasteiger partial charge >= 0.3 is 17.9 Å². The first kappa shape index (κ1) is 25.1. The molecular formula is C20H33O7. The summed E-state index contributed by atoms with van der Waals surface area (Å²) in [6.07, 6.45) is 8.24. The molecule has 155 valence electrons. The predicted molar refractivity (Wildman–Crippen MR) is 99.7 cm³/mol. The molecule has 27 heavy (non-hydrogen) atoms. The molecule has 0 unspecified atom stereocenters. The van der Waals surface area contributed by atoms with Crippen LogP contribution in [0.2, 0.25) is 0 Å². The Kier molecular flexibility index (Phi) is 17.5. The number of esters is 3. The van der Waals surface area contributed by atoms with Crippen molar-refractivity contribution in [3.05, 3.63) is 6.92 Å². The fourth-order valence-electron chi connectivity index (χ4n) is 2.20. The van der Waals surface area contributed by atoms with Crippen molar-refractivity contribution in [2.24, 2.45) is 0 Å². The van der Waals surface area contributed by atoms with Gasteiger partial charge in [0.25, 0.3) is 0 Å². The van der Waals surface area contributed by atoms with Crippen LogP contribution in [0.25, 0.3) is 0 Å². The third kappa shape index (κ3) is 18.7. The molecule has 0 aromatic rings. The highest BCUT2D eigenvalue weighted by Crippen LogP contribution is 2.06. The molecule has 0 aromatic heterocycles. The largest absolute Gasteiger partial charge is 0.466 e. The average Bonchev–Trinajstić information content (AvgIpc) is 2.66. The van der Waals surface area contributed by atoms with Crippen LogP contribution in [0.1, 0.15) is 77.0 Å². The molecule has 0 saturated heterocycles. The zero-order valence-corrected chi connectivity index (χ0v) is 16.2. The zero-order chi connectivity index (χ0) is 20.2. The van der Waals surface area contributed by atoms with Crippen LogP contribution in [-0.4, -0.2) is 44.0 Å². The van der Waals surface area contributed by atoms with Crippen LogP contribution in [0.15, 0.2) is 0 Å². The Labute approximate surface area is 162 Å². The van der Waals surface area contributed by atoms with Gasteiger partial charge in [-0.1, -0.05) is 12.8 Å². The second-order valence-corrected chi connectivity index (χ2v) is 6.20. The number of ether oxygens (including phenoxy) is 3. The Hall–Kier alpha value is -1.92. The standard InChI is InChI=1S/C20H33O7/c1-2-18(22)25-17-11-7-13-20(24)26-15-9-4-3-6-12-19(23)27-16-10-5-8-14-21/h14H,1-13,15-17H2. The molecule has 0 aromatic carbocycles. The van der Waals surface area contributed by atoms with Crippen LogP contribution in [0, 0.1) is 6.92 Å². The quantitative estimate of drug-likeness (QED) is 0.154. The first-order chi connectivity index (χ1) is 13.1. The van der Waals surface area contributed by atoms with E-state index in [2.05, 4.69) is 6.92 Å². The summed E-state index contributed by atoms with van der Waals surface area (Å²) in [5.74, 6) is -0.773. The average molecular weight is 385 g/mol.